The zero-order valence-corrected chi connectivity index (χ0v) is 16.3. The predicted octanol–water partition coefficient (Wildman–Crippen LogP) is 2.71. The van der Waals surface area contributed by atoms with Crippen molar-refractivity contribution in [3.05, 3.63) is 59.1 Å². The normalized spacial score (nSPS) is 11.5. The van der Waals surface area contributed by atoms with Gasteiger partial charge in [-0.1, -0.05) is 30.7 Å². The second-order valence-corrected chi connectivity index (χ2v) is 8.23. The summed E-state index contributed by atoms with van der Waals surface area (Å²) in [5, 5.41) is 6.38. The van der Waals surface area contributed by atoms with Crippen molar-refractivity contribution in [2.24, 2.45) is 0 Å². The Balaban J connectivity index is 2.01. The topological polar surface area (TPSA) is 78.5 Å². The van der Waals surface area contributed by atoms with E-state index in [-0.39, 0.29) is 11.4 Å². The van der Waals surface area contributed by atoms with E-state index in [2.05, 4.69) is 10.6 Å². The second kappa shape index (κ2) is 9.14. The first-order valence-electron chi connectivity index (χ1n) is 8.14. The number of likely N-dealkylation sites (N-methyl/N-ethyl adjacent to an activating group) is 1. The number of hydrogen-bond acceptors (Lipinski definition) is 4. The average Bonchev–Trinajstić information content (AvgIpc) is 2.60. The van der Waals surface area contributed by atoms with Crippen LogP contribution in [0, 0.1) is 0 Å². The van der Waals surface area contributed by atoms with E-state index in [4.69, 9.17) is 11.6 Å². The van der Waals surface area contributed by atoms with Crippen LogP contribution in [0.15, 0.2) is 53.4 Å². The van der Waals surface area contributed by atoms with Crippen LogP contribution in [-0.4, -0.2) is 38.8 Å². The smallest absolute Gasteiger partial charge is 0.243 e. The number of anilines is 1. The zero-order valence-electron chi connectivity index (χ0n) is 14.7. The van der Waals surface area contributed by atoms with Crippen LogP contribution in [0.25, 0.3) is 0 Å². The molecule has 0 unspecified atom stereocenters. The summed E-state index contributed by atoms with van der Waals surface area (Å²) in [6, 6.07) is 13.2. The molecule has 0 spiro atoms. The van der Waals surface area contributed by atoms with Crippen molar-refractivity contribution in [3.8, 4) is 0 Å². The molecule has 0 heterocycles. The summed E-state index contributed by atoms with van der Waals surface area (Å²) in [7, 11) is -2.39. The highest BCUT2D eigenvalue weighted by Gasteiger charge is 2.22. The minimum atomic E-state index is -3.76. The van der Waals surface area contributed by atoms with Crippen LogP contribution in [0.5, 0.6) is 0 Å². The number of amides is 1. The lowest BCUT2D eigenvalue weighted by molar-refractivity contribution is -0.116. The van der Waals surface area contributed by atoms with E-state index in [1.807, 2.05) is 25.1 Å². The summed E-state index contributed by atoms with van der Waals surface area (Å²) in [5.41, 5.74) is 1.66. The third-order valence-corrected chi connectivity index (χ3v) is 5.75. The number of hydrogen-bond donors (Lipinski definition) is 2. The first-order valence-corrected chi connectivity index (χ1v) is 9.96. The first-order chi connectivity index (χ1) is 12.3. The molecule has 0 bridgehead atoms. The van der Waals surface area contributed by atoms with Crippen LogP contribution in [0.2, 0.25) is 5.02 Å². The van der Waals surface area contributed by atoms with Crippen LogP contribution in [0.1, 0.15) is 12.5 Å². The molecule has 1 amide bonds. The SMILES string of the molecule is CCNCc1cccc(NC(=O)CN(C)S(=O)(=O)c2ccc(Cl)cc2)c1. The number of sulfonamides is 1. The van der Waals surface area contributed by atoms with Gasteiger partial charge in [-0.3, -0.25) is 4.79 Å². The van der Waals surface area contributed by atoms with E-state index in [1.54, 1.807) is 6.07 Å². The van der Waals surface area contributed by atoms with Crippen molar-refractivity contribution in [2.45, 2.75) is 18.4 Å². The van der Waals surface area contributed by atoms with E-state index >= 15 is 0 Å². The largest absolute Gasteiger partial charge is 0.325 e. The summed E-state index contributed by atoms with van der Waals surface area (Å²) in [6.45, 7) is 3.28. The quantitative estimate of drug-likeness (QED) is 0.720. The fourth-order valence-electron chi connectivity index (χ4n) is 2.30. The number of halogens is 1. The molecular weight excluding hydrogens is 374 g/mol. The highest BCUT2D eigenvalue weighted by Crippen LogP contribution is 2.17. The Hall–Kier alpha value is -1.93. The van der Waals surface area contributed by atoms with Crippen molar-refractivity contribution in [3.63, 3.8) is 0 Å². The Morgan fingerprint density at radius 2 is 1.85 bits per heavy atom. The van der Waals surface area contributed by atoms with Gasteiger partial charge in [-0.05, 0) is 48.5 Å². The van der Waals surface area contributed by atoms with Crippen molar-refractivity contribution >= 4 is 33.2 Å². The lowest BCUT2D eigenvalue weighted by atomic mass is 10.2. The molecule has 0 aliphatic heterocycles. The number of benzene rings is 2. The average molecular weight is 396 g/mol. The molecule has 0 radical (unpaired) electrons. The third-order valence-electron chi connectivity index (χ3n) is 3.68. The Labute approximate surface area is 159 Å². The fourth-order valence-corrected chi connectivity index (χ4v) is 3.56. The molecule has 0 fully saturated rings. The molecule has 26 heavy (non-hydrogen) atoms. The lowest BCUT2D eigenvalue weighted by Crippen LogP contribution is -2.35. The zero-order chi connectivity index (χ0) is 19.2. The standard InChI is InChI=1S/C18H22ClN3O3S/c1-3-20-12-14-5-4-6-16(11-14)21-18(23)13-22(2)26(24,25)17-9-7-15(19)8-10-17/h4-11,20H,3,12-13H2,1-2H3,(H,21,23). The van der Waals surface area contributed by atoms with Crippen molar-refractivity contribution in [2.75, 3.05) is 25.5 Å². The molecule has 0 aliphatic rings. The Morgan fingerprint density at radius 1 is 1.15 bits per heavy atom. The summed E-state index contributed by atoms with van der Waals surface area (Å²) < 4.78 is 26.0. The summed E-state index contributed by atoms with van der Waals surface area (Å²) in [4.78, 5) is 12.3. The van der Waals surface area contributed by atoms with Crippen molar-refractivity contribution in [1.29, 1.82) is 0 Å². The first kappa shape index (κ1) is 20.4. The van der Waals surface area contributed by atoms with Gasteiger partial charge in [0, 0.05) is 24.3 Å². The van der Waals surface area contributed by atoms with Gasteiger partial charge in [0.05, 0.1) is 11.4 Å². The van der Waals surface area contributed by atoms with Crippen LogP contribution < -0.4 is 10.6 Å². The molecule has 0 atom stereocenters. The monoisotopic (exact) mass is 395 g/mol. The fraction of sp³-hybridized carbons (Fsp3) is 0.278. The van der Waals surface area contributed by atoms with Crippen LogP contribution in [-0.2, 0) is 21.4 Å². The van der Waals surface area contributed by atoms with Crippen LogP contribution in [0.4, 0.5) is 5.69 Å². The van der Waals surface area contributed by atoms with E-state index in [9.17, 15) is 13.2 Å². The highest BCUT2D eigenvalue weighted by molar-refractivity contribution is 7.89. The van der Waals surface area contributed by atoms with Gasteiger partial charge in [-0.25, -0.2) is 8.42 Å². The van der Waals surface area contributed by atoms with Gasteiger partial charge >= 0.3 is 0 Å². The molecule has 140 valence electrons. The van der Waals surface area contributed by atoms with Crippen molar-refractivity contribution < 1.29 is 13.2 Å². The van der Waals surface area contributed by atoms with Crippen LogP contribution >= 0.6 is 11.6 Å². The van der Waals surface area contributed by atoms with Gasteiger partial charge in [-0.15, -0.1) is 0 Å². The molecule has 0 saturated heterocycles. The maximum absolute atomic E-state index is 12.5. The Morgan fingerprint density at radius 3 is 2.50 bits per heavy atom. The summed E-state index contributed by atoms with van der Waals surface area (Å²) in [6.07, 6.45) is 0. The minimum absolute atomic E-state index is 0.0878. The second-order valence-electron chi connectivity index (χ2n) is 5.74. The van der Waals surface area contributed by atoms with Gasteiger partial charge in [0.2, 0.25) is 15.9 Å². The third kappa shape index (κ3) is 5.54. The number of nitrogens with zero attached hydrogens (tertiary/aromatic N) is 1. The van der Waals surface area contributed by atoms with E-state index in [1.165, 1.54) is 31.3 Å². The molecular formula is C18H22ClN3O3S. The molecule has 2 rings (SSSR count). The van der Waals surface area contributed by atoms with E-state index < -0.39 is 15.9 Å². The van der Waals surface area contributed by atoms with Crippen molar-refractivity contribution in [1.82, 2.24) is 9.62 Å². The van der Waals surface area contributed by atoms with Gasteiger partial charge < -0.3 is 10.6 Å². The van der Waals surface area contributed by atoms with Crippen LogP contribution in [0.3, 0.4) is 0 Å². The maximum atomic E-state index is 12.5. The van der Waals surface area contributed by atoms with Gasteiger partial charge in [0.1, 0.15) is 0 Å². The van der Waals surface area contributed by atoms with Gasteiger partial charge in [-0.2, -0.15) is 4.31 Å². The Bertz CT molecular complexity index is 854. The number of nitrogens with one attached hydrogen (secondary N) is 2. The Kier molecular flexibility index (Phi) is 7.16. The molecule has 0 aromatic heterocycles. The maximum Gasteiger partial charge on any atom is 0.243 e. The molecule has 0 saturated carbocycles. The molecule has 8 heteroatoms. The molecule has 2 N–H and O–H groups in total. The summed E-state index contributed by atoms with van der Waals surface area (Å²) >= 11 is 5.78. The van der Waals surface area contributed by atoms with Gasteiger partial charge in [0.25, 0.3) is 0 Å². The molecule has 6 nitrogen and oxygen atoms in total. The molecule has 0 aliphatic carbocycles. The predicted molar refractivity (Wildman–Crippen MR) is 104 cm³/mol. The van der Waals surface area contributed by atoms with E-state index in [0.717, 1.165) is 16.4 Å². The number of carbonyl (C=O) groups is 1. The van der Waals surface area contributed by atoms with E-state index in [0.29, 0.717) is 17.3 Å². The summed E-state index contributed by atoms with van der Waals surface area (Å²) in [5.74, 6) is -0.411. The molecule has 2 aromatic rings. The number of carbonyl (C=O) groups excluding carboxylic acids is 1. The van der Waals surface area contributed by atoms with Gasteiger partial charge in [0.15, 0.2) is 0 Å². The highest BCUT2D eigenvalue weighted by atomic mass is 35.5. The minimum Gasteiger partial charge on any atom is -0.325 e. The molecule has 2 aromatic carbocycles. The lowest BCUT2D eigenvalue weighted by Gasteiger charge is -2.17. The number of rotatable bonds is 8.